The number of rotatable bonds is 5. The van der Waals surface area contributed by atoms with Crippen LogP contribution in [0, 0.1) is 5.41 Å². The maximum absolute atomic E-state index is 6.17. The maximum atomic E-state index is 6.17. The summed E-state index contributed by atoms with van der Waals surface area (Å²) in [4.78, 5) is 0. The lowest BCUT2D eigenvalue weighted by molar-refractivity contribution is 0.305. The molecule has 0 aliphatic heterocycles. The van der Waals surface area contributed by atoms with Crippen LogP contribution in [0.4, 0.5) is 0 Å². The molecule has 1 aromatic carbocycles. The summed E-state index contributed by atoms with van der Waals surface area (Å²) < 4.78 is 10.5. The molecule has 1 aromatic rings. The topological polar surface area (TPSA) is 44.5 Å². The van der Waals surface area contributed by atoms with Crippen LogP contribution >= 0.6 is 0 Å². The van der Waals surface area contributed by atoms with Crippen LogP contribution in [-0.2, 0) is 6.42 Å². The van der Waals surface area contributed by atoms with Crippen molar-refractivity contribution in [2.24, 2.45) is 11.1 Å². The van der Waals surface area contributed by atoms with Gasteiger partial charge in [0.2, 0.25) is 0 Å². The first-order valence-electron chi connectivity index (χ1n) is 6.35. The zero-order valence-electron chi connectivity index (χ0n) is 12.1. The standard InChI is InChI=1S/C15H25NO2/c1-15(2,3)14(16)9-7-11-6-8-12(17-4)13(10-11)18-5/h6,8,10,14H,7,9,16H2,1-5H3. The Balaban J connectivity index is 2.69. The molecule has 0 fully saturated rings. The Morgan fingerprint density at radius 2 is 1.72 bits per heavy atom. The van der Waals surface area contributed by atoms with Crippen molar-refractivity contribution in [3.05, 3.63) is 23.8 Å². The second-order valence-corrected chi connectivity index (χ2v) is 5.70. The molecule has 0 aromatic heterocycles. The summed E-state index contributed by atoms with van der Waals surface area (Å²) in [6.07, 6.45) is 1.93. The number of aryl methyl sites for hydroxylation is 1. The fourth-order valence-corrected chi connectivity index (χ4v) is 1.79. The molecular weight excluding hydrogens is 226 g/mol. The van der Waals surface area contributed by atoms with Crippen molar-refractivity contribution in [2.75, 3.05) is 14.2 Å². The minimum Gasteiger partial charge on any atom is -0.493 e. The molecule has 18 heavy (non-hydrogen) atoms. The van der Waals surface area contributed by atoms with Gasteiger partial charge in [-0.2, -0.15) is 0 Å². The van der Waals surface area contributed by atoms with Gasteiger partial charge in [-0.15, -0.1) is 0 Å². The molecule has 1 unspecified atom stereocenters. The summed E-state index contributed by atoms with van der Waals surface area (Å²) in [7, 11) is 3.30. The van der Waals surface area contributed by atoms with Crippen molar-refractivity contribution in [2.45, 2.75) is 39.7 Å². The van der Waals surface area contributed by atoms with Gasteiger partial charge in [-0.3, -0.25) is 0 Å². The summed E-state index contributed by atoms with van der Waals surface area (Å²) in [6, 6.07) is 6.23. The smallest absolute Gasteiger partial charge is 0.160 e. The Morgan fingerprint density at radius 1 is 1.11 bits per heavy atom. The second-order valence-electron chi connectivity index (χ2n) is 5.70. The van der Waals surface area contributed by atoms with Gasteiger partial charge in [0.15, 0.2) is 11.5 Å². The minimum absolute atomic E-state index is 0.149. The second kappa shape index (κ2) is 6.10. The largest absolute Gasteiger partial charge is 0.493 e. The number of nitrogens with two attached hydrogens (primary N) is 1. The minimum atomic E-state index is 0.149. The predicted molar refractivity (Wildman–Crippen MR) is 75.3 cm³/mol. The highest BCUT2D eigenvalue weighted by atomic mass is 16.5. The summed E-state index contributed by atoms with van der Waals surface area (Å²) in [5.41, 5.74) is 7.55. The van der Waals surface area contributed by atoms with E-state index in [1.165, 1.54) is 5.56 Å². The SMILES string of the molecule is COc1ccc(CCC(N)C(C)(C)C)cc1OC. The third-order valence-corrected chi connectivity index (χ3v) is 3.30. The van der Waals surface area contributed by atoms with E-state index in [9.17, 15) is 0 Å². The lowest BCUT2D eigenvalue weighted by Crippen LogP contribution is -2.35. The number of methoxy groups -OCH3 is 2. The molecule has 1 rings (SSSR count). The average molecular weight is 251 g/mol. The fraction of sp³-hybridized carbons (Fsp3) is 0.600. The number of benzene rings is 1. The highest BCUT2D eigenvalue weighted by Crippen LogP contribution is 2.29. The monoisotopic (exact) mass is 251 g/mol. The van der Waals surface area contributed by atoms with E-state index in [4.69, 9.17) is 15.2 Å². The first-order valence-corrected chi connectivity index (χ1v) is 6.35. The van der Waals surface area contributed by atoms with E-state index >= 15 is 0 Å². The van der Waals surface area contributed by atoms with E-state index in [1.807, 2.05) is 12.1 Å². The molecule has 0 aliphatic carbocycles. The van der Waals surface area contributed by atoms with Crippen LogP contribution in [0.1, 0.15) is 32.8 Å². The number of ether oxygens (including phenoxy) is 2. The van der Waals surface area contributed by atoms with Gasteiger partial charge >= 0.3 is 0 Å². The van der Waals surface area contributed by atoms with Crippen molar-refractivity contribution < 1.29 is 9.47 Å². The van der Waals surface area contributed by atoms with Crippen molar-refractivity contribution in [1.82, 2.24) is 0 Å². The van der Waals surface area contributed by atoms with Crippen LogP contribution in [0.2, 0.25) is 0 Å². The van der Waals surface area contributed by atoms with Crippen molar-refractivity contribution in [3.63, 3.8) is 0 Å². The van der Waals surface area contributed by atoms with Crippen molar-refractivity contribution in [3.8, 4) is 11.5 Å². The molecule has 0 saturated heterocycles. The summed E-state index contributed by atoms with van der Waals surface area (Å²) in [5, 5.41) is 0. The van der Waals surface area contributed by atoms with Crippen molar-refractivity contribution in [1.29, 1.82) is 0 Å². The van der Waals surface area contributed by atoms with E-state index in [0.717, 1.165) is 24.3 Å². The Kier molecular flexibility index (Phi) is 5.03. The van der Waals surface area contributed by atoms with Gasteiger partial charge in [-0.05, 0) is 36.0 Å². The van der Waals surface area contributed by atoms with E-state index < -0.39 is 0 Å². The quantitative estimate of drug-likeness (QED) is 0.875. The summed E-state index contributed by atoms with van der Waals surface area (Å²) in [5.74, 6) is 1.54. The Labute approximate surface area is 110 Å². The summed E-state index contributed by atoms with van der Waals surface area (Å²) in [6.45, 7) is 6.52. The van der Waals surface area contributed by atoms with Gasteiger partial charge in [-0.25, -0.2) is 0 Å². The van der Waals surface area contributed by atoms with Gasteiger partial charge in [0.25, 0.3) is 0 Å². The number of hydrogen-bond donors (Lipinski definition) is 1. The zero-order valence-corrected chi connectivity index (χ0v) is 12.1. The molecule has 3 heteroatoms. The lowest BCUT2D eigenvalue weighted by atomic mass is 9.84. The van der Waals surface area contributed by atoms with Gasteiger partial charge in [0.05, 0.1) is 14.2 Å². The van der Waals surface area contributed by atoms with E-state index in [2.05, 4.69) is 26.8 Å². The van der Waals surface area contributed by atoms with E-state index in [-0.39, 0.29) is 11.5 Å². The molecule has 0 spiro atoms. The summed E-state index contributed by atoms with van der Waals surface area (Å²) >= 11 is 0. The normalized spacial score (nSPS) is 13.2. The van der Waals surface area contributed by atoms with Crippen LogP contribution in [0.3, 0.4) is 0 Å². The molecule has 0 amide bonds. The third-order valence-electron chi connectivity index (χ3n) is 3.30. The van der Waals surface area contributed by atoms with Gasteiger partial charge in [0, 0.05) is 6.04 Å². The maximum Gasteiger partial charge on any atom is 0.160 e. The highest BCUT2D eigenvalue weighted by molar-refractivity contribution is 5.42. The first-order chi connectivity index (χ1) is 8.38. The van der Waals surface area contributed by atoms with Crippen LogP contribution in [0.5, 0.6) is 11.5 Å². The molecule has 0 radical (unpaired) electrons. The Hall–Kier alpha value is -1.22. The van der Waals surface area contributed by atoms with Gasteiger partial charge in [0.1, 0.15) is 0 Å². The van der Waals surface area contributed by atoms with Crippen LogP contribution in [-0.4, -0.2) is 20.3 Å². The van der Waals surface area contributed by atoms with E-state index in [1.54, 1.807) is 14.2 Å². The van der Waals surface area contributed by atoms with Crippen molar-refractivity contribution >= 4 is 0 Å². The molecule has 3 nitrogen and oxygen atoms in total. The molecular formula is C15H25NO2. The van der Waals surface area contributed by atoms with Gasteiger partial charge in [-0.1, -0.05) is 26.8 Å². The highest BCUT2D eigenvalue weighted by Gasteiger charge is 2.20. The Morgan fingerprint density at radius 3 is 2.22 bits per heavy atom. The van der Waals surface area contributed by atoms with Crippen LogP contribution in [0.25, 0.3) is 0 Å². The number of hydrogen-bond acceptors (Lipinski definition) is 3. The molecule has 0 bridgehead atoms. The molecule has 0 heterocycles. The molecule has 1 atom stereocenters. The molecule has 0 saturated carbocycles. The van der Waals surface area contributed by atoms with Crippen LogP contribution in [0.15, 0.2) is 18.2 Å². The van der Waals surface area contributed by atoms with Crippen LogP contribution < -0.4 is 15.2 Å². The molecule has 2 N–H and O–H groups in total. The first kappa shape index (κ1) is 14.8. The Bertz CT molecular complexity index is 383. The molecule has 102 valence electrons. The van der Waals surface area contributed by atoms with E-state index in [0.29, 0.717) is 0 Å². The average Bonchev–Trinajstić information content (AvgIpc) is 2.34. The lowest BCUT2D eigenvalue weighted by Gasteiger charge is -2.27. The predicted octanol–water partition coefficient (Wildman–Crippen LogP) is 3.01. The fourth-order valence-electron chi connectivity index (χ4n) is 1.79. The molecule has 0 aliphatic rings. The zero-order chi connectivity index (χ0) is 13.8. The third kappa shape index (κ3) is 3.91. The van der Waals surface area contributed by atoms with Gasteiger partial charge < -0.3 is 15.2 Å².